The fourth-order valence-electron chi connectivity index (χ4n) is 4.64. The third-order valence-corrected chi connectivity index (χ3v) is 7.60. The minimum Gasteiger partial charge on any atom is -0.411 e. The first-order chi connectivity index (χ1) is 14.1. The number of nitrogens with one attached hydrogen (secondary N) is 1. The number of thioether (sulfide) groups is 1. The zero-order chi connectivity index (χ0) is 20.4. The minimum absolute atomic E-state index is 0.0635. The second kappa shape index (κ2) is 8.93. The molecule has 29 heavy (non-hydrogen) atoms. The number of thiocarbonyl (C=S) groups is 1. The molecule has 1 aromatic rings. The molecule has 0 bridgehead atoms. The predicted octanol–water partition coefficient (Wildman–Crippen LogP) is 2.07. The van der Waals surface area contributed by atoms with Gasteiger partial charge in [-0.3, -0.25) is 9.59 Å². The Morgan fingerprint density at radius 2 is 2.03 bits per heavy atom. The summed E-state index contributed by atoms with van der Waals surface area (Å²) in [5.74, 6) is 1.09. The highest BCUT2D eigenvalue weighted by Gasteiger charge is 2.44. The van der Waals surface area contributed by atoms with Gasteiger partial charge in [-0.15, -0.1) is 11.8 Å². The van der Waals surface area contributed by atoms with Gasteiger partial charge in [0.1, 0.15) is 11.8 Å². The smallest absolute Gasteiger partial charge is 0.242 e. The molecule has 1 unspecified atom stereocenters. The molecule has 0 saturated carbocycles. The van der Waals surface area contributed by atoms with Crippen LogP contribution in [0.2, 0.25) is 0 Å². The van der Waals surface area contributed by atoms with Crippen LogP contribution in [0.15, 0.2) is 29.4 Å². The molecule has 0 spiro atoms. The van der Waals surface area contributed by atoms with Crippen molar-refractivity contribution in [3.05, 3.63) is 35.4 Å². The molecule has 2 aliphatic heterocycles. The van der Waals surface area contributed by atoms with Gasteiger partial charge in [0.05, 0.1) is 24.1 Å². The summed E-state index contributed by atoms with van der Waals surface area (Å²) in [5.41, 5.74) is 2.78. The van der Waals surface area contributed by atoms with Gasteiger partial charge in [-0.25, -0.2) is 0 Å². The molecule has 0 aromatic heterocycles. The normalized spacial score (nSPS) is 27.1. The molecule has 1 aliphatic carbocycles. The van der Waals surface area contributed by atoms with Crippen LogP contribution in [-0.4, -0.2) is 63.1 Å². The zero-order valence-electron chi connectivity index (χ0n) is 16.1. The summed E-state index contributed by atoms with van der Waals surface area (Å²) in [7, 11) is 0. The van der Waals surface area contributed by atoms with Crippen molar-refractivity contribution in [2.45, 2.75) is 37.8 Å². The lowest BCUT2D eigenvalue weighted by molar-refractivity contribution is -0.136. The van der Waals surface area contributed by atoms with Crippen molar-refractivity contribution in [1.82, 2.24) is 10.2 Å². The molecule has 2 saturated heterocycles. The monoisotopic (exact) mass is 431 g/mol. The van der Waals surface area contributed by atoms with E-state index in [1.807, 2.05) is 0 Å². The highest BCUT2D eigenvalue weighted by molar-refractivity contribution is 7.99. The second-order valence-electron chi connectivity index (χ2n) is 7.99. The Hall–Kier alpha value is -1.77. The molecule has 1 amide bonds. The number of rotatable bonds is 6. The largest absolute Gasteiger partial charge is 0.411 e. The van der Waals surface area contributed by atoms with Crippen molar-refractivity contribution >= 4 is 46.7 Å². The van der Waals surface area contributed by atoms with Crippen LogP contribution < -0.4 is 5.32 Å². The second-order valence-corrected chi connectivity index (χ2v) is 9.51. The molecular formula is C21H25N3O3S2. The molecule has 0 radical (unpaired) electrons. The van der Waals surface area contributed by atoms with Gasteiger partial charge in [0, 0.05) is 23.6 Å². The van der Waals surface area contributed by atoms with Crippen LogP contribution in [0, 0.1) is 11.8 Å². The fourth-order valence-corrected chi connectivity index (χ4v) is 6.12. The van der Waals surface area contributed by atoms with Crippen LogP contribution in [0.5, 0.6) is 0 Å². The minimum atomic E-state index is -0.607. The van der Waals surface area contributed by atoms with E-state index >= 15 is 0 Å². The number of hydrogen-bond acceptors (Lipinski definition) is 7. The Morgan fingerprint density at radius 3 is 2.72 bits per heavy atom. The Labute approximate surface area is 180 Å². The summed E-state index contributed by atoms with van der Waals surface area (Å²) in [5, 5.41) is 15.1. The van der Waals surface area contributed by atoms with Gasteiger partial charge in [-0.05, 0) is 36.3 Å². The van der Waals surface area contributed by atoms with Crippen molar-refractivity contribution < 1.29 is 14.8 Å². The molecule has 3 atom stereocenters. The van der Waals surface area contributed by atoms with E-state index in [0.29, 0.717) is 35.4 Å². The number of Topliss-reactive ketones (excluding diaryl/α,β-unsaturated/α-hetero) is 1. The SMILES string of the molecule is O=C(CCC1Cc2ccccc2C1)C1C(=S)CN[C@@H]1C(=O)N1CSC[C@H]1C=NO. The average molecular weight is 432 g/mol. The van der Waals surface area contributed by atoms with Crippen LogP contribution in [0.4, 0.5) is 0 Å². The standard InChI is InChI=1S/C21H25N3O3S2/c25-17(6-5-13-7-14-3-1-2-4-15(14)8-13)19-18(28)10-22-20(19)21(26)24-12-29-11-16(24)9-23-27/h1-4,9,13,16,19-20,22,27H,5-8,10-12H2/t16-,19?,20+/m1/s1. The Balaban J connectivity index is 1.38. The van der Waals surface area contributed by atoms with Gasteiger partial charge in [0.25, 0.3) is 0 Å². The molecule has 3 aliphatic rings. The summed E-state index contributed by atoms with van der Waals surface area (Å²) < 4.78 is 0. The number of hydrogen-bond donors (Lipinski definition) is 2. The van der Waals surface area contributed by atoms with Crippen molar-refractivity contribution in [2.75, 3.05) is 18.2 Å². The van der Waals surface area contributed by atoms with E-state index < -0.39 is 12.0 Å². The van der Waals surface area contributed by atoms with Gasteiger partial charge < -0.3 is 15.4 Å². The Morgan fingerprint density at radius 1 is 1.31 bits per heavy atom. The van der Waals surface area contributed by atoms with Crippen LogP contribution in [-0.2, 0) is 22.4 Å². The van der Waals surface area contributed by atoms with E-state index in [2.05, 4.69) is 34.7 Å². The maximum Gasteiger partial charge on any atom is 0.242 e. The molecule has 2 N–H and O–H groups in total. The highest BCUT2D eigenvalue weighted by atomic mass is 32.2. The van der Waals surface area contributed by atoms with Crippen molar-refractivity contribution in [2.24, 2.45) is 17.0 Å². The van der Waals surface area contributed by atoms with E-state index in [9.17, 15) is 9.59 Å². The molecular weight excluding hydrogens is 406 g/mol. The number of amides is 1. The molecule has 8 heteroatoms. The van der Waals surface area contributed by atoms with Gasteiger partial charge in [-0.1, -0.05) is 41.6 Å². The predicted molar refractivity (Wildman–Crippen MR) is 118 cm³/mol. The zero-order valence-corrected chi connectivity index (χ0v) is 17.8. The first kappa shape index (κ1) is 20.5. The number of fused-ring (bicyclic) bond motifs is 1. The summed E-state index contributed by atoms with van der Waals surface area (Å²) in [6, 6.07) is 7.61. The molecule has 2 heterocycles. The molecule has 4 rings (SSSR count). The van der Waals surface area contributed by atoms with E-state index in [-0.39, 0.29) is 17.7 Å². The molecule has 6 nitrogen and oxygen atoms in total. The quantitative estimate of drug-likeness (QED) is 0.311. The van der Waals surface area contributed by atoms with Crippen LogP contribution >= 0.6 is 24.0 Å². The number of benzene rings is 1. The Bertz CT molecular complexity index is 819. The maximum atomic E-state index is 13.1. The molecule has 1 aromatic carbocycles. The lowest BCUT2D eigenvalue weighted by atomic mass is 9.89. The van der Waals surface area contributed by atoms with Crippen molar-refractivity contribution in [1.29, 1.82) is 0 Å². The number of carbonyl (C=O) groups is 2. The van der Waals surface area contributed by atoms with Crippen molar-refractivity contribution in [3.63, 3.8) is 0 Å². The van der Waals surface area contributed by atoms with E-state index in [1.54, 1.807) is 16.7 Å². The lowest BCUT2D eigenvalue weighted by Crippen LogP contribution is -2.50. The fraction of sp³-hybridized carbons (Fsp3) is 0.524. The molecule has 2 fully saturated rings. The van der Waals surface area contributed by atoms with E-state index in [1.165, 1.54) is 17.3 Å². The summed E-state index contributed by atoms with van der Waals surface area (Å²) in [4.78, 5) is 28.4. The van der Waals surface area contributed by atoms with E-state index in [4.69, 9.17) is 17.4 Å². The number of nitrogens with zero attached hydrogens (tertiary/aromatic N) is 2. The van der Waals surface area contributed by atoms with Gasteiger partial charge in [-0.2, -0.15) is 0 Å². The van der Waals surface area contributed by atoms with Crippen LogP contribution in [0.1, 0.15) is 24.0 Å². The highest BCUT2D eigenvalue weighted by Crippen LogP contribution is 2.31. The van der Waals surface area contributed by atoms with Gasteiger partial charge in [0.2, 0.25) is 5.91 Å². The van der Waals surface area contributed by atoms with Crippen LogP contribution in [0.3, 0.4) is 0 Å². The van der Waals surface area contributed by atoms with Gasteiger partial charge in [0.15, 0.2) is 0 Å². The summed E-state index contributed by atoms with van der Waals surface area (Å²) in [6.45, 7) is 0.413. The third-order valence-electron chi connectivity index (χ3n) is 6.17. The average Bonchev–Trinajstić information content (AvgIpc) is 3.43. The third kappa shape index (κ3) is 4.25. The topological polar surface area (TPSA) is 82.0 Å². The number of oxime groups is 1. The molecule has 154 valence electrons. The summed E-state index contributed by atoms with van der Waals surface area (Å²) >= 11 is 7.05. The van der Waals surface area contributed by atoms with Crippen molar-refractivity contribution in [3.8, 4) is 0 Å². The maximum absolute atomic E-state index is 13.1. The Kier molecular flexibility index (Phi) is 6.32. The van der Waals surface area contributed by atoms with Gasteiger partial charge >= 0.3 is 0 Å². The number of carbonyl (C=O) groups excluding carboxylic acids is 2. The first-order valence-electron chi connectivity index (χ1n) is 10.00. The van der Waals surface area contributed by atoms with E-state index in [0.717, 1.165) is 19.3 Å². The summed E-state index contributed by atoms with van der Waals surface area (Å²) in [6.07, 6.45) is 4.69. The lowest BCUT2D eigenvalue weighted by Gasteiger charge is -2.26. The van der Waals surface area contributed by atoms with Crippen LogP contribution in [0.25, 0.3) is 0 Å². The number of ketones is 1. The first-order valence-corrected chi connectivity index (χ1v) is 11.6.